The number of nitrogens with one attached hydrogen (secondary N) is 2. The molecule has 3 aliphatic heterocycles. The van der Waals surface area contributed by atoms with Crippen LogP contribution < -0.4 is 10.6 Å². The molecule has 13 nitrogen and oxygen atoms in total. The highest BCUT2D eigenvalue weighted by atomic mass is 16.8. The largest absolute Gasteiger partial charge is 0.508 e. The maximum atomic E-state index is 14.9. The van der Waals surface area contributed by atoms with Crippen LogP contribution in [0.3, 0.4) is 0 Å². The minimum atomic E-state index is -1.63. The zero-order valence-electron chi connectivity index (χ0n) is 31.3. The van der Waals surface area contributed by atoms with Gasteiger partial charge in [-0.25, -0.2) is 0 Å². The molecule has 8 rings (SSSR count). The number of carbonyl (C=O) groups excluding carboxylic acids is 3. The van der Waals surface area contributed by atoms with Crippen molar-refractivity contribution in [2.75, 3.05) is 13.2 Å². The second-order valence-electron chi connectivity index (χ2n) is 14.9. The average Bonchev–Trinajstić information content (AvgIpc) is 3.81. The summed E-state index contributed by atoms with van der Waals surface area (Å²) in [5, 5.41) is 36.8. The smallest absolute Gasteiger partial charge is 0.327 e. The summed E-state index contributed by atoms with van der Waals surface area (Å²) in [6.07, 6.45) is -0.638. The fraction of sp³-hybridized carbons (Fsp3) is 0.341. The Balaban J connectivity index is 1.14. The summed E-state index contributed by atoms with van der Waals surface area (Å²) in [5.74, 6) is -3.28. The summed E-state index contributed by atoms with van der Waals surface area (Å²) >= 11 is 0. The number of ether oxygens (including phenoxy) is 3. The molecule has 1 aliphatic carbocycles. The molecule has 2 amide bonds. The number of esters is 1. The molecule has 8 atom stereocenters. The molecule has 4 fully saturated rings. The predicted molar refractivity (Wildman–Crippen MR) is 206 cm³/mol. The summed E-state index contributed by atoms with van der Waals surface area (Å²) in [7, 11) is 0. The van der Waals surface area contributed by atoms with E-state index in [0.717, 1.165) is 16.7 Å². The second-order valence-corrected chi connectivity index (χ2v) is 14.9. The van der Waals surface area contributed by atoms with Crippen molar-refractivity contribution in [3.63, 3.8) is 0 Å². The molecule has 3 saturated heterocycles. The van der Waals surface area contributed by atoms with Gasteiger partial charge in [-0.15, -0.1) is 0 Å². The number of phenols is 1. The Bertz CT molecular complexity index is 2070. The number of phenolic OH excluding ortho intramolecular Hbond substituents is 1. The van der Waals surface area contributed by atoms with Crippen LogP contribution in [0, 0.1) is 5.41 Å². The van der Waals surface area contributed by atoms with Gasteiger partial charge in [-0.1, -0.05) is 115 Å². The Hall–Kier alpha value is -5.41. The fourth-order valence-electron chi connectivity index (χ4n) is 8.58. The highest BCUT2D eigenvalue weighted by Gasteiger charge is 2.76. The monoisotopic (exact) mass is 775 g/mol. The first-order valence-electron chi connectivity index (χ1n) is 19.1. The quantitative estimate of drug-likeness (QED) is 0.126. The maximum Gasteiger partial charge on any atom is 0.327 e. The van der Waals surface area contributed by atoms with Crippen LogP contribution in [-0.4, -0.2) is 93.9 Å². The normalized spacial score (nSPS) is 27.0. The van der Waals surface area contributed by atoms with E-state index in [9.17, 15) is 29.7 Å². The van der Waals surface area contributed by atoms with Gasteiger partial charge in [-0.05, 0) is 36.1 Å². The van der Waals surface area contributed by atoms with Gasteiger partial charge in [0.05, 0.1) is 19.3 Å². The molecule has 4 aromatic carbocycles. The molecule has 0 aromatic heterocycles. The lowest BCUT2D eigenvalue weighted by Gasteiger charge is -2.49. The zero-order valence-corrected chi connectivity index (χ0v) is 31.3. The van der Waals surface area contributed by atoms with Gasteiger partial charge < -0.3 is 40.2 Å². The van der Waals surface area contributed by atoms with Gasteiger partial charge >= 0.3 is 5.97 Å². The van der Waals surface area contributed by atoms with Crippen molar-refractivity contribution in [3.05, 3.63) is 143 Å². The number of fused-ring (bicyclic) bond motifs is 4. The number of hydrogen-bond acceptors (Lipinski definition) is 11. The number of aromatic hydroxyl groups is 1. The van der Waals surface area contributed by atoms with E-state index >= 15 is 0 Å². The van der Waals surface area contributed by atoms with E-state index in [0.29, 0.717) is 17.5 Å². The van der Waals surface area contributed by atoms with E-state index in [1.807, 2.05) is 109 Å². The van der Waals surface area contributed by atoms with E-state index in [-0.39, 0.29) is 31.9 Å². The topological polar surface area (TPSA) is 176 Å². The van der Waals surface area contributed by atoms with Crippen LogP contribution in [0.4, 0.5) is 0 Å². The Morgan fingerprint density at radius 1 is 0.912 bits per heavy atom. The number of rotatable bonds is 13. The highest BCUT2D eigenvalue weighted by Crippen LogP contribution is 2.59. The number of hydrogen-bond donors (Lipinski definition) is 5. The number of hydroxylamine groups is 2. The lowest BCUT2D eigenvalue weighted by atomic mass is 9.62. The molecule has 13 heteroatoms. The van der Waals surface area contributed by atoms with Crippen molar-refractivity contribution in [2.24, 2.45) is 5.41 Å². The number of aliphatic hydroxyl groups is 2. The SMILES string of the molecule is C[C@H](O)[C@@H](NC(=O)[C@@]12C[C@H]3OC(=O)[C@@H]1N(Cc1ccc(C=CCc4ccccc4O)cc1)O[C@@H]2[C@H]1OC(c2ccccc2)(c2ccccc2)O[C@H]13)C(=O)NCCO. The molecule has 4 aliphatic rings. The number of amides is 2. The third-order valence-electron chi connectivity index (χ3n) is 11.3. The molecule has 296 valence electrons. The lowest BCUT2D eigenvalue weighted by molar-refractivity contribution is -0.213. The van der Waals surface area contributed by atoms with Crippen molar-refractivity contribution >= 4 is 23.9 Å². The van der Waals surface area contributed by atoms with Gasteiger partial charge in [0.1, 0.15) is 41.6 Å². The summed E-state index contributed by atoms with van der Waals surface area (Å²) in [5.41, 5.74) is 2.27. The molecule has 0 spiro atoms. The summed E-state index contributed by atoms with van der Waals surface area (Å²) in [6, 6.07) is 31.0. The first-order valence-corrected chi connectivity index (χ1v) is 19.1. The average molecular weight is 776 g/mol. The Kier molecular flexibility index (Phi) is 10.7. The molecular formula is C44H45N3O10. The standard InChI is InChI=1S/C44H45N3O10/c1-27(49)35(40(51)45-23-24-48)46-42(53)43-25-34-36-37(56-44(55-36,31-14-4-2-5-15-31)32-16-6-3-7-17-32)39(43)57-47(38(43)41(52)54-34)26-29-21-19-28(20-22-29)11-10-13-30-12-8-9-18-33(30)50/h2-12,14-22,27,34-39,48-50H,13,23-26H2,1H3,(H,45,51)(H,46,53)/t27-,34+,35+,36-,37-,38-,39+,43-/m0/s1. The van der Waals surface area contributed by atoms with Crippen LogP contribution in [-0.2, 0) is 52.2 Å². The molecule has 1 saturated carbocycles. The Morgan fingerprint density at radius 3 is 2.21 bits per heavy atom. The fourth-order valence-corrected chi connectivity index (χ4v) is 8.58. The van der Waals surface area contributed by atoms with Crippen LogP contribution in [0.2, 0.25) is 0 Å². The van der Waals surface area contributed by atoms with Crippen molar-refractivity contribution < 1.29 is 48.8 Å². The number of allylic oxidation sites excluding steroid dienone is 1. The number of para-hydroxylation sites is 1. The van der Waals surface area contributed by atoms with Gasteiger partial charge in [0, 0.05) is 24.1 Å². The van der Waals surface area contributed by atoms with Crippen molar-refractivity contribution in [2.45, 2.75) is 74.7 Å². The van der Waals surface area contributed by atoms with Gasteiger partial charge in [-0.3, -0.25) is 19.2 Å². The second kappa shape index (κ2) is 15.9. The molecule has 5 N–H and O–H groups in total. The zero-order chi connectivity index (χ0) is 39.7. The minimum absolute atomic E-state index is 0.00785. The van der Waals surface area contributed by atoms with E-state index < -0.39 is 71.6 Å². The van der Waals surface area contributed by atoms with E-state index in [1.54, 1.807) is 12.1 Å². The highest BCUT2D eigenvalue weighted by molar-refractivity contribution is 5.96. The molecular weight excluding hydrogens is 730 g/mol. The van der Waals surface area contributed by atoms with Crippen LogP contribution in [0.15, 0.2) is 115 Å². The number of benzene rings is 4. The van der Waals surface area contributed by atoms with E-state index in [1.165, 1.54) is 12.0 Å². The van der Waals surface area contributed by atoms with Crippen LogP contribution in [0.25, 0.3) is 6.08 Å². The molecule has 2 bridgehead atoms. The molecule has 0 radical (unpaired) electrons. The number of nitrogens with zero attached hydrogens (tertiary/aromatic N) is 1. The third kappa shape index (κ3) is 7.00. The minimum Gasteiger partial charge on any atom is -0.508 e. The van der Waals surface area contributed by atoms with Crippen molar-refractivity contribution in [1.82, 2.24) is 15.7 Å². The van der Waals surface area contributed by atoms with Gasteiger partial charge in [0.25, 0.3) is 0 Å². The van der Waals surface area contributed by atoms with Crippen LogP contribution in [0.5, 0.6) is 5.75 Å². The summed E-state index contributed by atoms with van der Waals surface area (Å²) in [6.45, 7) is 1.05. The third-order valence-corrected chi connectivity index (χ3v) is 11.3. The van der Waals surface area contributed by atoms with Gasteiger partial charge in [-0.2, -0.15) is 5.06 Å². The Labute approximate surface area is 329 Å². The van der Waals surface area contributed by atoms with Crippen LogP contribution >= 0.6 is 0 Å². The number of carbonyl (C=O) groups is 3. The maximum absolute atomic E-state index is 14.9. The molecule has 0 unspecified atom stereocenters. The van der Waals surface area contributed by atoms with Gasteiger partial charge in [0.15, 0.2) is 6.04 Å². The van der Waals surface area contributed by atoms with Crippen molar-refractivity contribution in [3.8, 4) is 5.75 Å². The van der Waals surface area contributed by atoms with Crippen molar-refractivity contribution in [1.29, 1.82) is 0 Å². The van der Waals surface area contributed by atoms with Crippen LogP contribution in [0.1, 0.15) is 41.2 Å². The van der Waals surface area contributed by atoms with E-state index in [4.69, 9.17) is 19.0 Å². The molecule has 3 heterocycles. The van der Waals surface area contributed by atoms with Gasteiger partial charge in [0.2, 0.25) is 17.6 Å². The first-order chi connectivity index (χ1) is 27.6. The Morgan fingerprint density at radius 2 is 1.56 bits per heavy atom. The predicted octanol–water partition coefficient (Wildman–Crippen LogP) is 3.11. The lowest BCUT2D eigenvalue weighted by Crippen LogP contribution is -2.71. The van der Waals surface area contributed by atoms with E-state index in [2.05, 4.69) is 10.6 Å². The first kappa shape index (κ1) is 38.5. The number of aliphatic hydroxyl groups excluding tert-OH is 2. The summed E-state index contributed by atoms with van der Waals surface area (Å²) in [4.78, 5) is 49.1. The summed E-state index contributed by atoms with van der Waals surface area (Å²) < 4.78 is 20.1. The molecule has 4 aromatic rings. The molecule has 57 heavy (non-hydrogen) atoms.